The molecular weight excluding hydrogens is 475 g/mol. The van der Waals surface area contributed by atoms with Crippen molar-refractivity contribution in [2.75, 3.05) is 10.6 Å². The molecule has 0 aliphatic rings. The Balaban J connectivity index is 1.50. The van der Waals surface area contributed by atoms with Crippen LogP contribution in [0.5, 0.6) is 0 Å². The van der Waals surface area contributed by atoms with Gasteiger partial charge in [-0.05, 0) is 35.9 Å². The van der Waals surface area contributed by atoms with E-state index in [0.29, 0.717) is 5.56 Å². The van der Waals surface area contributed by atoms with E-state index in [2.05, 4.69) is 25.3 Å². The van der Waals surface area contributed by atoms with Crippen LogP contribution in [0.1, 0.15) is 11.5 Å². The second-order valence-electron chi connectivity index (χ2n) is 6.75. The first kappa shape index (κ1) is 22.4. The molecular formula is C20H10ClF5N4O3. The van der Waals surface area contributed by atoms with Crippen molar-refractivity contribution in [1.29, 1.82) is 0 Å². The Hall–Kier alpha value is -3.80. The van der Waals surface area contributed by atoms with Gasteiger partial charge >= 0.3 is 12.1 Å². The van der Waals surface area contributed by atoms with Gasteiger partial charge in [0.05, 0.1) is 16.3 Å². The summed E-state index contributed by atoms with van der Waals surface area (Å²) in [7, 11) is 0. The largest absolute Gasteiger partial charge is 0.471 e. The number of halogens is 6. The highest BCUT2D eigenvalue weighted by molar-refractivity contribution is 6.33. The highest BCUT2D eigenvalue weighted by Crippen LogP contribution is 2.31. The topological polar surface area (TPSA) is 97.1 Å². The fraction of sp³-hybridized carbons (Fsp3) is 0.100. The lowest BCUT2D eigenvalue weighted by Gasteiger charge is -2.16. The molecule has 7 nitrogen and oxygen atoms in total. The molecule has 0 atom stereocenters. The van der Waals surface area contributed by atoms with Crippen LogP contribution in [0.15, 0.2) is 50.5 Å². The van der Waals surface area contributed by atoms with Crippen molar-refractivity contribution in [3.8, 4) is 11.4 Å². The van der Waals surface area contributed by atoms with Crippen LogP contribution in [0.3, 0.4) is 0 Å². The fourth-order valence-corrected chi connectivity index (χ4v) is 3.11. The molecule has 1 aromatic heterocycles. The molecule has 0 saturated heterocycles. The summed E-state index contributed by atoms with van der Waals surface area (Å²) in [6.07, 6.45) is -4.87. The first-order valence-electron chi connectivity index (χ1n) is 9.03. The van der Waals surface area contributed by atoms with E-state index in [-0.39, 0.29) is 34.2 Å². The first-order valence-corrected chi connectivity index (χ1v) is 9.41. The van der Waals surface area contributed by atoms with Crippen LogP contribution < -0.4 is 21.5 Å². The van der Waals surface area contributed by atoms with Crippen molar-refractivity contribution < 1.29 is 26.5 Å². The maximum atomic E-state index is 14.4. The molecule has 2 N–H and O–H groups in total. The number of benzene rings is 2. The van der Waals surface area contributed by atoms with Crippen LogP contribution in [0, 0.1) is 11.6 Å². The van der Waals surface area contributed by atoms with E-state index in [1.54, 1.807) is 0 Å². The summed E-state index contributed by atoms with van der Waals surface area (Å²) in [6, 6.07) is 6.93. The number of alkyl halides is 3. The summed E-state index contributed by atoms with van der Waals surface area (Å²) in [6.45, 7) is -0.103. The SMILES string of the molecule is O=c1c(NCc2ccc(-c3noc(C(F)(F)F)n3)c(F)c2)c(Nc2ccc(F)cc2Cl)c1=O. The van der Waals surface area contributed by atoms with Crippen LogP contribution in [-0.2, 0) is 12.7 Å². The summed E-state index contributed by atoms with van der Waals surface area (Å²) in [5.41, 5.74) is -1.65. The quantitative estimate of drug-likeness (QED) is 0.304. The minimum absolute atomic E-state index is 0.0122. The third-order valence-electron chi connectivity index (χ3n) is 4.51. The van der Waals surface area contributed by atoms with E-state index >= 15 is 0 Å². The smallest absolute Gasteiger partial charge is 0.376 e. The molecule has 3 aromatic carbocycles. The third kappa shape index (κ3) is 4.42. The van der Waals surface area contributed by atoms with Gasteiger partial charge in [-0.25, -0.2) is 8.78 Å². The van der Waals surface area contributed by atoms with E-state index in [9.17, 15) is 31.5 Å². The zero-order chi connectivity index (χ0) is 23.9. The van der Waals surface area contributed by atoms with Crippen molar-refractivity contribution in [2.24, 2.45) is 0 Å². The summed E-state index contributed by atoms with van der Waals surface area (Å²) in [4.78, 5) is 26.9. The zero-order valence-corrected chi connectivity index (χ0v) is 16.8. The van der Waals surface area contributed by atoms with E-state index < -0.39 is 40.4 Å². The Kier molecular flexibility index (Phi) is 5.62. The second-order valence-corrected chi connectivity index (χ2v) is 7.15. The van der Waals surface area contributed by atoms with Crippen molar-refractivity contribution >= 4 is 28.7 Å². The lowest BCUT2D eigenvalue weighted by molar-refractivity contribution is -0.159. The van der Waals surface area contributed by atoms with Crippen LogP contribution in [0.2, 0.25) is 5.02 Å². The van der Waals surface area contributed by atoms with E-state index in [1.807, 2.05) is 0 Å². The number of hydrogen-bond donors (Lipinski definition) is 2. The number of nitrogens with zero attached hydrogens (tertiary/aromatic N) is 2. The first-order chi connectivity index (χ1) is 15.5. The maximum absolute atomic E-state index is 14.4. The Morgan fingerprint density at radius 3 is 2.36 bits per heavy atom. The standard InChI is InChI=1S/C20H10ClF5N4O3/c21-11-6-9(22)2-4-13(11)28-15-14(16(31)17(15)32)27-7-8-1-3-10(12(23)5-8)18-29-19(33-30-18)20(24,25)26/h1-6,27-28H,7H2. The van der Waals surface area contributed by atoms with Gasteiger partial charge in [-0.15, -0.1) is 0 Å². The Bertz CT molecular complexity index is 1430. The Labute approximate surface area is 185 Å². The van der Waals surface area contributed by atoms with E-state index in [4.69, 9.17) is 11.6 Å². The lowest BCUT2D eigenvalue weighted by atomic mass is 10.1. The highest BCUT2D eigenvalue weighted by atomic mass is 35.5. The Morgan fingerprint density at radius 2 is 1.73 bits per heavy atom. The minimum Gasteiger partial charge on any atom is -0.376 e. The van der Waals surface area contributed by atoms with Gasteiger partial charge in [-0.1, -0.05) is 22.8 Å². The van der Waals surface area contributed by atoms with Crippen LogP contribution >= 0.6 is 11.6 Å². The molecule has 4 aromatic rings. The van der Waals surface area contributed by atoms with Gasteiger partial charge in [0.1, 0.15) is 23.0 Å². The summed E-state index contributed by atoms with van der Waals surface area (Å²) >= 11 is 5.91. The average molecular weight is 485 g/mol. The molecule has 0 bridgehead atoms. The summed E-state index contributed by atoms with van der Waals surface area (Å²) in [5.74, 6) is -3.70. The molecule has 170 valence electrons. The maximum Gasteiger partial charge on any atom is 0.471 e. The van der Waals surface area contributed by atoms with Crippen LogP contribution in [0.4, 0.5) is 39.0 Å². The lowest BCUT2D eigenvalue weighted by Crippen LogP contribution is -2.36. The predicted molar refractivity (Wildman–Crippen MR) is 108 cm³/mol. The van der Waals surface area contributed by atoms with Gasteiger partial charge in [-0.2, -0.15) is 18.2 Å². The summed E-state index contributed by atoms with van der Waals surface area (Å²) in [5, 5.41) is 8.46. The number of anilines is 3. The molecule has 0 saturated carbocycles. The van der Waals surface area contributed by atoms with Gasteiger partial charge in [0, 0.05) is 6.54 Å². The molecule has 4 rings (SSSR count). The van der Waals surface area contributed by atoms with Crippen molar-refractivity contribution in [1.82, 2.24) is 10.1 Å². The minimum atomic E-state index is -4.87. The number of aromatic nitrogens is 2. The van der Waals surface area contributed by atoms with Gasteiger partial charge in [0.25, 0.3) is 10.9 Å². The molecule has 0 aliphatic heterocycles. The molecule has 33 heavy (non-hydrogen) atoms. The van der Waals surface area contributed by atoms with E-state index in [0.717, 1.165) is 24.3 Å². The van der Waals surface area contributed by atoms with Crippen LogP contribution in [-0.4, -0.2) is 10.1 Å². The molecule has 0 radical (unpaired) electrons. The molecule has 0 amide bonds. The van der Waals surface area contributed by atoms with Crippen LogP contribution in [0.25, 0.3) is 11.4 Å². The molecule has 0 fully saturated rings. The van der Waals surface area contributed by atoms with Gasteiger partial charge in [0.2, 0.25) is 5.82 Å². The van der Waals surface area contributed by atoms with Gasteiger partial charge < -0.3 is 15.2 Å². The second kappa shape index (κ2) is 8.28. The fourth-order valence-electron chi connectivity index (χ4n) is 2.89. The molecule has 1 heterocycles. The normalized spacial score (nSPS) is 11.7. The zero-order valence-electron chi connectivity index (χ0n) is 16.1. The van der Waals surface area contributed by atoms with E-state index in [1.165, 1.54) is 12.1 Å². The number of nitrogens with one attached hydrogen (secondary N) is 2. The highest BCUT2D eigenvalue weighted by Gasteiger charge is 2.38. The molecule has 0 aliphatic carbocycles. The number of hydrogen-bond acceptors (Lipinski definition) is 7. The van der Waals surface area contributed by atoms with Crippen molar-refractivity contribution in [3.63, 3.8) is 0 Å². The number of rotatable bonds is 6. The molecule has 13 heteroatoms. The third-order valence-corrected chi connectivity index (χ3v) is 4.83. The van der Waals surface area contributed by atoms with Gasteiger partial charge in [0.15, 0.2) is 0 Å². The average Bonchev–Trinajstić information content (AvgIpc) is 3.24. The molecule has 0 unspecified atom stereocenters. The van der Waals surface area contributed by atoms with Crippen molar-refractivity contribution in [2.45, 2.75) is 12.7 Å². The van der Waals surface area contributed by atoms with Crippen molar-refractivity contribution in [3.05, 3.63) is 85.0 Å². The molecule has 0 spiro atoms. The summed E-state index contributed by atoms with van der Waals surface area (Å²) < 4.78 is 69.4. The van der Waals surface area contributed by atoms with Gasteiger partial charge in [-0.3, -0.25) is 9.59 Å². The monoisotopic (exact) mass is 484 g/mol. The Morgan fingerprint density at radius 1 is 1.00 bits per heavy atom. The predicted octanol–water partition coefficient (Wildman–Crippen LogP) is 4.64.